The highest BCUT2D eigenvalue weighted by Gasteiger charge is 2.31. The SMILES string of the molecule is CCN(CC)c1ccc(C(F)(F)F)cc1NC(=O)Cc1nn(C)c(=O)c2ccccc12. The van der Waals surface area contributed by atoms with Gasteiger partial charge in [-0.05, 0) is 38.1 Å². The van der Waals surface area contributed by atoms with Crippen LogP contribution in [0.4, 0.5) is 24.5 Å². The van der Waals surface area contributed by atoms with Crippen molar-refractivity contribution in [1.29, 1.82) is 0 Å². The van der Waals surface area contributed by atoms with Gasteiger partial charge in [0, 0.05) is 25.5 Å². The number of hydrogen-bond donors (Lipinski definition) is 1. The number of carbonyl (C=O) groups excluding carboxylic acids is 1. The van der Waals surface area contributed by atoms with Crippen LogP contribution in [0.1, 0.15) is 25.1 Å². The molecule has 0 bridgehead atoms. The van der Waals surface area contributed by atoms with Gasteiger partial charge in [-0.2, -0.15) is 18.3 Å². The zero-order chi connectivity index (χ0) is 22.8. The minimum absolute atomic E-state index is 0.0812. The van der Waals surface area contributed by atoms with Crippen LogP contribution in [0.3, 0.4) is 0 Å². The fourth-order valence-corrected chi connectivity index (χ4v) is 3.51. The maximum atomic E-state index is 13.2. The van der Waals surface area contributed by atoms with Crippen LogP contribution >= 0.6 is 0 Å². The van der Waals surface area contributed by atoms with Crippen LogP contribution in [0, 0.1) is 0 Å². The van der Waals surface area contributed by atoms with E-state index in [1.165, 1.54) is 13.1 Å². The minimum atomic E-state index is -4.53. The van der Waals surface area contributed by atoms with Crippen LogP contribution in [0.15, 0.2) is 47.3 Å². The summed E-state index contributed by atoms with van der Waals surface area (Å²) in [6.07, 6.45) is -4.72. The number of amides is 1. The van der Waals surface area contributed by atoms with Crippen molar-refractivity contribution in [3.63, 3.8) is 0 Å². The fraction of sp³-hybridized carbons (Fsp3) is 0.318. The molecule has 1 heterocycles. The minimum Gasteiger partial charge on any atom is -0.370 e. The summed E-state index contributed by atoms with van der Waals surface area (Å²) in [4.78, 5) is 26.9. The second kappa shape index (κ2) is 8.79. The third-order valence-corrected chi connectivity index (χ3v) is 5.06. The molecule has 0 saturated heterocycles. The number of aryl methyl sites for hydroxylation is 1. The van der Waals surface area contributed by atoms with Crippen molar-refractivity contribution >= 4 is 28.1 Å². The molecule has 9 heteroatoms. The van der Waals surface area contributed by atoms with Crippen molar-refractivity contribution in [2.24, 2.45) is 7.05 Å². The number of halogens is 3. The zero-order valence-electron chi connectivity index (χ0n) is 17.5. The van der Waals surface area contributed by atoms with Crippen LogP contribution in [0.2, 0.25) is 0 Å². The van der Waals surface area contributed by atoms with Crippen molar-refractivity contribution in [3.8, 4) is 0 Å². The summed E-state index contributed by atoms with van der Waals surface area (Å²) in [5.41, 5.74) is -0.181. The topological polar surface area (TPSA) is 67.2 Å². The number of benzene rings is 2. The molecule has 0 radical (unpaired) electrons. The molecule has 0 fully saturated rings. The number of alkyl halides is 3. The summed E-state index contributed by atoms with van der Waals surface area (Å²) < 4.78 is 40.9. The molecule has 0 aliphatic carbocycles. The second-order valence-electron chi connectivity index (χ2n) is 7.05. The Hall–Kier alpha value is -3.36. The van der Waals surface area contributed by atoms with Gasteiger partial charge in [-0.25, -0.2) is 4.68 Å². The van der Waals surface area contributed by atoms with Crippen LogP contribution in [-0.4, -0.2) is 28.8 Å². The molecule has 0 aliphatic heterocycles. The Bertz CT molecular complexity index is 1170. The summed E-state index contributed by atoms with van der Waals surface area (Å²) in [5, 5.41) is 7.75. The first-order valence-corrected chi connectivity index (χ1v) is 9.86. The molecule has 0 atom stereocenters. The highest BCUT2D eigenvalue weighted by atomic mass is 19.4. The van der Waals surface area contributed by atoms with Crippen molar-refractivity contribution in [2.45, 2.75) is 26.4 Å². The van der Waals surface area contributed by atoms with Gasteiger partial charge in [0.25, 0.3) is 5.56 Å². The quantitative estimate of drug-likeness (QED) is 0.640. The summed E-state index contributed by atoms with van der Waals surface area (Å²) in [7, 11) is 1.49. The van der Waals surface area contributed by atoms with E-state index >= 15 is 0 Å². The summed E-state index contributed by atoms with van der Waals surface area (Å²) in [6.45, 7) is 4.90. The number of anilines is 2. The van der Waals surface area contributed by atoms with Gasteiger partial charge in [-0.15, -0.1) is 0 Å². The van der Waals surface area contributed by atoms with E-state index in [0.717, 1.165) is 16.8 Å². The lowest BCUT2D eigenvalue weighted by Gasteiger charge is -2.25. The number of rotatable bonds is 6. The third-order valence-electron chi connectivity index (χ3n) is 5.06. The number of aromatic nitrogens is 2. The lowest BCUT2D eigenvalue weighted by Crippen LogP contribution is -2.26. The molecule has 1 amide bonds. The van der Waals surface area contributed by atoms with E-state index in [0.29, 0.717) is 35.2 Å². The van der Waals surface area contributed by atoms with Gasteiger partial charge >= 0.3 is 6.18 Å². The molecule has 2 aromatic carbocycles. The first-order chi connectivity index (χ1) is 14.7. The molecule has 0 aliphatic rings. The van der Waals surface area contributed by atoms with Crippen molar-refractivity contribution in [1.82, 2.24) is 9.78 Å². The molecule has 164 valence electrons. The molecular formula is C22H23F3N4O2. The predicted octanol–water partition coefficient (Wildman–Crippen LogP) is 3.98. The Morgan fingerprint density at radius 1 is 1.10 bits per heavy atom. The van der Waals surface area contributed by atoms with E-state index in [4.69, 9.17) is 0 Å². The number of hydrogen-bond acceptors (Lipinski definition) is 4. The van der Waals surface area contributed by atoms with Gasteiger partial charge < -0.3 is 10.2 Å². The van der Waals surface area contributed by atoms with E-state index in [1.54, 1.807) is 24.3 Å². The van der Waals surface area contributed by atoms with Gasteiger partial charge in [0.2, 0.25) is 5.91 Å². The van der Waals surface area contributed by atoms with E-state index in [2.05, 4.69) is 10.4 Å². The fourth-order valence-electron chi connectivity index (χ4n) is 3.51. The second-order valence-corrected chi connectivity index (χ2v) is 7.05. The molecule has 1 N–H and O–H groups in total. The van der Waals surface area contributed by atoms with Crippen LogP contribution in [0.5, 0.6) is 0 Å². The molecule has 31 heavy (non-hydrogen) atoms. The highest BCUT2D eigenvalue weighted by molar-refractivity contribution is 5.97. The normalized spacial score (nSPS) is 11.5. The molecule has 0 unspecified atom stereocenters. The van der Waals surface area contributed by atoms with Gasteiger partial charge in [0.1, 0.15) is 0 Å². The Balaban J connectivity index is 1.97. The maximum absolute atomic E-state index is 13.2. The first kappa shape index (κ1) is 22.3. The van der Waals surface area contributed by atoms with Crippen LogP contribution in [-0.2, 0) is 24.4 Å². The average molecular weight is 432 g/mol. The largest absolute Gasteiger partial charge is 0.416 e. The van der Waals surface area contributed by atoms with Crippen molar-refractivity contribution in [3.05, 3.63) is 64.1 Å². The number of fused-ring (bicyclic) bond motifs is 1. The summed E-state index contributed by atoms with van der Waals surface area (Å²) in [6, 6.07) is 10.1. The predicted molar refractivity (Wildman–Crippen MR) is 114 cm³/mol. The van der Waals surface area contributed by atoms with Crippen LogP contribution in [0.25, 0.3) is 10.8 Å². The van der Waals surface area contributed by atoms with Gasteiger partial charge in [-0.1, -0.05) is 18.2 Å². The van der Waals surface area contributed by atoms with E-state index in [1.807, 2.05) is 18.7 Å². The third kappa shape index (κ3) is 4.70. The zero-order valence-corrected chi connectivity index (χ0v) is 17.5. The number of nitrogens with zero attached hydrogens (tertiary/aromatic N) is 3. The van der Waals surface area contributed by atoms with Crippen LogP contribution < -0.4 is 15.8 Å². The molecule has 6 nitrogen and oxygen atoms in total. The average Bonchev–Trinajstić information content (AvgIpc) is 2.73. The van der Waals surface area contributed by atoms with Gasteiger partial charge in [-0.3, -0.25) is 9.59 Å². The lowest BCUT2D eigenvalue weighted by molar-refractivity contribution is -0.137. The number of nitrogens with one attached hydrogen (secondary N) is 1. The van der Waals surface area contributed by atoms with E-state index < -0.39 is 17.6 Å². The Labute approximate surface area is 177 Å². The Morgan fingerprint density at radius 3 is 2.35 bits per heavy atom. The Morgan fingerprint density at radius 2 is 1.74 bits per heavy atom. The summed E-state index contributed by atoms with van der Waals surface area (Å²) in [5.74, 6) is -0.524. The van der Waals surface area contributed by atoms with Crippen molar-refractivity contribution < 1.29 is 18.0 Å². The van der Waals surface area contributed by atoms with Crippen molar-refractivity contribution in [2.75, 3.05) is 23.3 Å². The Kier molecular flexibility index (Phi) is 6.33. The standard InChI is InChI=1S/C22H23F3N4O2/c1-4-29(5-2)19-11-10-14(22(23,24)25)12-18(19)26-20(30)13-17-15-8-6-7-9-16(15)21(31)28(3)27-17/h6-12H,4-5,13H2,1-3H3,(H,26,30). The van der Waals surface area contributed by atoms with Gasteiger partial charge in [0.05, 0.1) is 34.4 Å². The highest BCUT2D eigenvalue weighted by Crippen LogP contribution is 2.35. The molecular weight excluding hydrogens is 409 g/mol. The van der Waals surface area contributed by atoms with E-state index in [-0.39, 0.29) is 17.7 Å². The smallest absolute Gasteiger partial charge is 0.370 e. The summed E-state index contributed by atoms with van der Waals surface area (Å²) >= 11 is 0. The first-order valence-electron chi connectivity index (χ1n) is 9.86. The maximum Gasteiger partial charge on any atom is 0.416 e. The molecule has 3 rings (SSSR count). The number of carbonyl (C=O) groups is 1. The van der Waals surface area contributed by atoms with E-state index in [9.17, 15) is 22.8 Å². The molecule has 3 aromatic rings. The lowest BCUT2D eigenvalue weighted by atomic mass is 10.1. The monoisotopic (exact) mass is 432 g/mol. The molecule has 0 spiro atoms. The van der Waals surface area contributed by atoms with Gasteiger partial charge in [0.15, 0.2) is 0 Å². The molecule has 1 aromatic heterocycles. The molecule has 0 saturated carbocycles.